The highest BCUT2D eigenvalue weighted by Gasteiger charge is 2.29. The minimum Gasteiger partial charge on any atom is -0.484 e. The minimum absolute atomic E-state index is 0.226. The van der Waals surface area contributed by atoms with E-state index in [0.717, 1.165) is 31.2 Å². The van der Waals surface area contributed by atoms with Gasteiger partial charge in [0, 0.05) is 19.2 Å². The van der Waals surface area contributed by atoms with Gasteiger partial charge in [0.05, 0.1) is 4.92 Å². The molecule has 0 unspecified atom stereocenters. The van der Waals surface area contributed by atoms with Crippen LogP contribution in [0.3, 0.4) is 0 Å². The van der Waals surface area contributed by atoms with Crippen molar-refractivity contribution in [1.82, 2.24) is 10.6 Å². The van der Waals surface area contributed by atoms with Gasteiger partial charge >= 0.3 is 6.18 Å². The maximum absolute atomic E-state index is 12.2. The van der Waals surface area contributed by atoms with Crippen LogP contribution in [0.2, 0.25) is 0 Å². The largest absolute Gasteiger partial charge is 0.484 e. The second-order valence-electron chi connectivity index (χ2n) is 4.85. The van der Waals surface area contributed by atoms with E-state index < -0.39 is 29.3 Å². The van der Waals surface area contributed by atoms with Gasteiger partial charge in [-0.15, -0.1) is 0 Å². The normalized spacial score (nSPS) is 11.2. The summed E-state index contributed by atoms with van der Waals surface area (Å²) in [7, 11) is 0. The zero-order valence-electron chi connectivity index (χ0n) is 13.0. The van der Waals surface area contributed by atoms with Crippen molar-refractivity contribution in [3.8, 4) is 5.75 Å². The molecule has 1 amide bonds. The molecule has 0 aromatic heterocycles. The molecule has 1 aromatic carbocycles. The van der Waals surface area contributed by atoms with Crippen LogP contribution in [-0.4, -0.2) is 43.2 Å². The number of nitro groups is 1. The fourth-order valence-electron chi connectivity index (χ4n) is 1.77. The van der Waals surface area contributed by atoms with Crippen LogP contribution in [0.5, 0.6) is 5.75 Å². The Labute approximate surface area is 136 Å². The third-order valence-corrected chi connectivity index (χ3v) is 2.83. The molecule has 0 saturated carbocycles. The number of ether oxygens (including phenoxy) is 1. The number of nitrogens with one attached hydrogen (secondary N) is 2. The highest BCUT2D eigenvalue weighted by molar-refractivity contribution is 5.98. The van der Waals surface area contributed by atoms with E-state index in [9.17, 15) is 28.1 Å². The van der Waals surface area contributed by atoms with Crippen LogP contribution in [0, 0.1) is 10.1 Å². The summed E-state index contributed by atoms with van der Waals surface area (Å²) in [5, 5.41) is 16.5. The van der Waals surface area contributed by atoms with E-state index in [1.807, 2.05) is 6.92 Å². The van der Waals surface area contributed by atoms with Crippen LogP contribution in [0.15, 0.2) is 18.2 Å². The van der Waals surface area contributed by atoms with E-state index in [-0.39, 0.29) is 17.9 Å². The van der Waals surface area contributed by atoms with Crippen LogP contribution in [-0.2, 0) is 0 Å². The summed E-state index contributed by atoms with van der Waals surface area (Å²) in [5.41, 5.74) is -0.858. The second-order valence-corrected chi connectivity index (χ2v) is 4.85. The van der Waals surface area contributed by atoms with E-state index in [0.29, 0.717) is 6.54 Å². The highest BCUT2D eigenvalue weighted by atomic mass is 19.4. The quantitative estimate of drug-likeness (QED) is 0.405. The summed E-state index contributed by atoms with van der Waals surface area (Å²) in [4.78, 5) is 22.2. The molecular weight excluding hydrogens is 331 g/mol. The molecule has 0 spiro atoms. The molecule has 0 aliphatic rings. The highest BCUT2D eigenvalue weighted by Crippen LogP contribution is 2.25. The van der Waals surface area contributed by atoms with Crippen LogP contribution in [0.1, 0.15) is 23.7 Å². The van der Waals surface area contributed by atoms with Gasteiger partial charge in [0.15, 0.2) is 6.61 Å². The topological polar surface area (TPSA) is 93.5 Å². The number of hydrogen-bond donors (Lipinski definition) is 2. The number of alkyl halides is 3. The van der Waals surface area contributed by atoms with Gasteiger partial charge in [0.25, 0.3) is 11.6 Å². The molecule has 0 aliphatic heterocycles. The third kappa shape index (κ3) is 6.82. The number of rotatable bonds is 9. The van der Waals surface area contributed by atoms with E-state index in [1.54, 1.807) is 0 Å². The number of halogens is 3. The summed E-state index contributed by atoms with van der Waals surface area (Å²) < 4.78 is 41.0. The van der Waals surface area contributed by atoms with Crippen LogP contribution >= 0.6 is 0 Å². The summed E-state index contributed by atoms with van der Waals surface area (Å²) in [6.45, 7) is 1.88. The van der Waals surface area contributed by atoms with Crippen molar-refractivity contribution in [2.45, 2.75) is 19.5 Å². The van der Waals surface area contributed by atoms with E-state index in [4.69, 9.17) is 0 Å². The average Bonchev–Trinajstić information content (AvgIpc) is 2.51. The molecule has 2 N–H and O–H groups in total. The molecule has 0 bridgehead atoms. The van der Waals surface area contributed by atoms with E-state index >= 15 is 0 Å². The number of nitrogens with zero attached hydrogens (tertiary/aromatic N) is 1. The Morgan fingerprint density at radius 3 is 2.58 bits per heavy atom. The fraction of sp³-hybridized carbons (Fsp3) is 0.500. The van der Waals surface area contributed by atoms with Crippen molar-refractivity contribution < 1.29 is 27.6 Å². The summed E-state index contributed by atoms with van der Waals surface area (Å²) in [6, 6.07) is 2.89. The van der Waals surface area contributed by atoms with Crippen molar-refractivity contribution >= 4 is 11.6 Å². The standard InChI is InChI=1S/C14H18F3N3O4/c1-2-5-18-6-7-19-13(21)11-8-10(24-9-14(15,16)17)3-4-12(11)20(22)23/h3-4,8,18H,2,5-7,9H2,1H3,(H,19,21). The van der Waals surface area contributed by atoms with Crippen LogP contribution < -0.4 is 15.4 Å². The summed E-state index contributed by atoms with van der Waals surface area (Å²) in [6.07, 6.45) is -3.63. The molecule has 0 aliphatic carbocycles. The molecule has 0 radical (unpaired) electrons. The number of benzene rings is 1. The second kappa shape index (κ2) is 9.06. The monoisotopic (exact) mass is 349 g/mol. The first-order chi connectivity index (χ1) is 11.2. The predicted octanol–water partition coefficient (Wildman–Crippen LogP) is 2.27. The molecule has 0 fully saturated rings. The van der Waals surface area contributed by atoms with Crippen molar-refractivity contribution in [2.24, 2.45) is 0 Å². The zero-order chi connectivity index (χ0) is 18.2. The van der Waals surface area contributed by atoms with Gasteiger partial charge in [-0.2, -0.15) is 13.2 Å². The van der Waals surface area contributed by atoms with Crippen molar-refractivity contribution in [1.29, 1.82) is 0 Å². The van der Waals surface area contributed by atoms with Gasteiger partial charge in [0.1, 0.15) is 11.3 Å². The molecule has 0 atom stereocenters. The summed E-state index contributed by atoms with van der Waals surface area (Å²) in [5.74, 6) is -1.02. The smallest absolute Gasteiger partial charge is 0.422 e. The maximum atomic E-state index is 12.2. The van der Waals surface area contributed by atoms with Crippen LogP contribution in [0.4, 0.5) is 18.9 Å². The predicted molar refractivity (Wildman–Crippen MR) is 80.1 cm³/mol. The summed E-state index contributed by atoms with van der Waals surface area (Å²) >= 11 is 0. The maximum Gasteiger partial charge on any atom is 0.422 e. The zero-order valence-corrected chi connectivity index (χ0v) is 13.0. The lowest BCUT2D eigenvalue weighted by atomic mass is 10.1. The lowest BCUT2D eigenvalue weighted by Crippen LogP contribution is -2.32. The fourth-order valence-corrected chi connectivity index (χ4v) is 1.77. The minimum atomic E-state index is -4.55. The Kier molecular flexibility index (Phi) is 7.43. The lowest BCUT2D eigenvalue weighted by molar-refractivity contribution is -0.385. The molecule has 134 valence electrons. The molecule has 10 heteroatoms. The first-order valence-electron chi connectivity index (χ1n) is 7.21. The van der Waals surface area contributed by atoms with Gasteiger partial charge in [-0.3, -0.25) is 14.9 Å². The number of nitro benzene ring substituents is 1. The van der Waals surface area contributed by atoms with Crippen molar-refractivity contribution in [2.75, 3.05) is 26.2 Å². The molecule has 7 nitrogen and oxygen atoms in total. The number of carbonyl (C=O) groups excluding carboxylic acids is 1. The van der Waals surface area contributed by atoms with Gasteiger partial charge in [-0.25, -0.2) is 0 Å². The Bertz CT molecular complexity index is 579. The Hall–Kier alpha value is -2.36. The number of carbonyl (C=O) groups is 1. The average molecular weight is 349 g/mol. The Balaban J connectivity index is 2.80. The molecule has 24 heavy (non-hydrogen) atoms. The van der Waals surface area contributed by atoms with Gasteiger partial charge in [-0.05, 0) is 25.1 Å². The van der Waals surface area contributed by atoms with Gasteiger partial charge < -0.3 is 15.4 Å². The first-order valence-corrected chi connectivity index (χ1v) is 7.21. The molecule has 0 heterocycles. The van der Waals surface area contributed by atoms with Crippen molar-refractivity contribution in [3.63, 3.8) is 0 Å². The molecule has 1 rings (SSSR count). The molecule has 0 saturated heterocycles. The van der Waals surface area contributed by atoms with Gasteiger partial charge in [-0.1, -0.05) is 6.92 Å². The molecule has 1 aromatic rings. The van der Waals surface area contributed by atoms with E-state index in [1.165, 1.54) is 0 Å². The van der Waals surface area contributed by atoms with Crippen molar-refractivity contribution in [3.05, 3.63) is 33.9 Å². The van der Waals surface area contributed by atoms with Crippen LogP contribution in [0.25, 0.3) is 0 Å². The number of amides is 1. The third-order valence-electron chi connectivity index (χ3n) is 2.83. The molecular formula is C14H18F3N3O4. The SMILES string of the molecule is CCCNCCNC(=O)c1cc(OCC(F)(F)F)ccc1[N+](=O)[O-]. The Morgan fingerprint density at radius 2 is 2.00 bits per heavy atom. The first kappa shape index (κ1) is 19.7. The Morgan fingerprint density at radius 1 is 1.29 bits per heavy atom. The van der Waals surface area contributed by atoms with E-state index in [2.05, 4.69) is 15.4 Å². The lowest BCUT2D eigenvalue weighted by Gasteiger charge is -2.11. The van der Waals surface area contributed by atoms with Gasteiger partial charge in [0.2, 0.25) is 0 Å². The number of hydrogen-bond acceptors (Lipinski definition) is 5.